The molecule has 0 aliphatic carbocycles. The molecule has 4 aliphatic rings. The lowest BCUT2D eigenvalue weighted by molar-refractivity contribution is -0.129. The molecule has 5 atom stereocenters. The van der Waals surface area contributed by atoms with Crippen molar-refractivity contribution in [3.63, 3.8) is 0 Å². The molecule has 6 nitrogen and oxygen atoms in total. The number of nitrogens with zero attached hydrogens (tertiary/aromatic N) is 3. The van der Waals surface area contributed by atoms with Crippen molar-refractivity contribution in [1.29, 1.82) is 0 Å². The van der Waals surface area contributed by atoms with Crippen molar-refractivity contribution in [1.82, 2.24) is 20.0 Å². The Morgan fingerprint density at radius 3 is 2.50 bits per heavy atom. The molecule has 4 heterocycles. The van der Waals surface area contributed by atoms with Crippen molar-refractivity contribution in [2.45, 2.75) is 57.9 Å². The van der Waals surface area contributed by atoms with Crippen LogP contribution in [0.5, 0.6) is 0 Å². The Labute approximate surface area is 146 Å². The quantitative estimate of drug-likeness (QED) is 0.803. The van der Waals surface area contributed by atoms with Crippen molar-refractivity contribution in [3.05, 3.63) is 0 Å². The molecule has 1 N–H and O–H groups in total. The Balaban J connectivity index is 1.55. The smallest absolute Gasteiger partial charge is 0.238 e. The summed E-state index contributed by atoms with van der Waals surface area (Å²) < 4.78 is 5.84. The highest BCUT2D eigenvalue weighted by atomic mass is 16.5. The predicted octanol–water partition coefficient (Wildman–Crippen LogP) is 0.380. The minimum atomic E-state index is -0.0542. The van der Waals surface area contributed by atoms with Gasteiger partial charge in [0.2, 0.25) is 5.91 Å². The number of carbonyl (C=O) groups is 1. The third-order valence-electron chi connectivity index (χ3n) is 5.77. The Hall–Kier alpha value is -0.690. The number of hydrogen-bond acceptors (Lipinski definition) is 5. The third-order valence-corrected chi connectivity index (χ3v) is 5.77. The first kappa shape index (κ1) is 18.1. The van der Waals surface area contributed by atoms with Crippen LogP contribution in [0.3, 0.4) is 0 Å². The van der Waals surface area contributed by atoms with E-state index in [0.717, 1.165) is 45.8 Å². The molecule has 6 heteroatoms. The van der Waals surface area contributed by atoms with Crippen LogP contribution in [0.2, 0.25) is 0 Å². The molecule has 0 aromatic carbocycles. The van der Waals surface area contributed by atoms with E-state index in [1.54, 1.807) is 0 Å². The van der Waals surface area contributed by atoms with Gasteiger partial charge in [-0.25, -0.2) is 0 Å². The molecule has 0 spiro atoms. The lowest BCUT2D eigenvalue weighted by Crippen LogP contribution is -2.61. The van der Waals surface area contributed by atoms with Gasteiger partial charge in [0.15, 0.2) is 0 Å². The van der Waals surface area contributed by atoms with E-state index >= 15 is 0 Å². The molecule has 2 bridgehead atoms. The summed E-state index contributed by atoms with van der Waals surface area (Å²) in [5, 5.41) is 3.24. The largest absolute Gasteiger partial charge is 0.373 e. The van der Waals surface area contributed by atoms with Gasteiger partial charge in [0.25, 0.3) is 0 Å². The molecule has 0 radical (unpaired) electrons. The first-order valence-corrected chi connectivity index (χ1v) is 9.50. The van der Waals surface area contributed by atoms with E-state index in [1.165, 1.54) is 6.42 Å². The molecule has 4 rings (SSSR count). The average Bonchev–Trinajstić information content (AvgIpc) is 2.87. The molecule has 1 amide bonds. The minimum Gasteiger partial charge on any atom is -0.373 e. The Bertz CT molecular complexity index is 442. The molecule has 0 saturated carbocycles. The van der Waals surface area contributed by atoms with Gasteiger partial charge in [-0.1, -0.05) is 0 Å². The highest BCUT2D eigenvalue weighted by molar-refractivity contribution is 5.82. The molecule has 4 fully saturated rings. The van der Waals surface area contributed by atoms with Gasteiger partial charge in [0.05, 0.1) is 12.2 Å². The van der Waals surface area contributed by atoms with Crippen molar-refractivity contribution >= 4 is 5.91 Å². The lowest BCUT2D eigenvalue weighted by Gasteiger charge is -2.45. The zero-order valence-corrected chi connectivity index (χ0v) is 15.8. The monoisotopic (exact) mass is 338 g/mol. The maximum Gasteiger partial charge on any atom is 0.238 e. The van der Waals surface area contributed by atoms with Crippen molar-refractivity contribution in [3.8, 4) is 0 Å². The van der Waals surface area contributed by atoms with Crippen LogP contribution >= 0.6 is 0 Å². The van der Waals surface area contributed by atoms with E-state index in [1.807, 2.05) is 0 Å². The Kier molecular flexibility index (Phi) is 5.49. The van der Waals surface area contributed by atoms with Gasteiger partial charge in [0.1, 0.15) is 6.04 Å². The number of amides is 1. The molecular weight excluding hydrogens is 304 g/mol. The normalized spacial score (nSPS) is 37.9. The Morgan fingerprint density at radius 1 is 1.08 bits per heavy atom. The zero-order chi connectivity index (χ0) is 17.3. The first-order valence-electron chi connectivity index (χ1n) is 9.50. The van der Waals surface area contributed by atoms with Crippen LogP contribution in [0.1, 0.15) is 34.1 Å². The molecule has 0 aromatic rings. The highest BCUT2D eigenvalue weighted by Gasteiger charge is 2.37. The fourth-order valence-corrected chi connectivity index (χ4v) is 4.30. The standard InChI is InChI=1S/C18H34N4O2/c1-14-10-22(11-15(2)24-14)18(3,4)13-19-17(23)16-12-20-6-5-7-21(16)9-8-20/h14-16H,5-13H2,1-4H3,(H,19,23)/t14-,15+,16-/m1/s1. The first-order chi connectivity index (χ1) is 11.3. The summed E-state index contributed by atoms with van der Waals surface area (Å²) in [5.41, 5.74) is -0.0542. The van der Waals surface area contributed by atoms with Crippen LogP contribution in [0.15, 0.2) is 0 Å². The van der Waals surface area contributed by atoms with E-state index < -0.39 is 0 Å². The fourth-order valence-electron chi connectivity index (χ4n) is 4.30. The van der Waals surface area contributed by atoms with E-state index in [2.05, 4.69) is 47.7 Å². The number of rotatable bonds is 4. The van der Waals surface area contributed by atoms with Gasteiger partial charge in [-0.3, -0.25) is 19.5 Å². The summed E-state index contributed by atoms with van der Waals surface area (Å²) in [6.07, 6.45) is 1.68. The van der Waals surface area contributed by atoms with Gasteiger partial charge in [0, 0.05) is 51.4 Å². The van der Waals surface area contributed by atoms with Gasteiger partial charge < -0.3 is 10.1 Å². The number of morpholine rings is 1. The summed E-state index contributed by atoms with van der Waals surface area (Å²) in [7, 11) is 0. The molecule has 0 aromatic heterocycles. The summed E-state index contributed by atoms with van der Waals surface area (Å²) >= 11 is 0. The minimum absolute atomic E-state index is 0.0274. The summed E-state index contributed by atoms with van der Waals surface area (Å²) in [6.45, 7) is 16.5. The fraction of sp³-hybridized carbons (Fsp3) is 0.944. The van der Waals surface area contributed by atoms with Gasteiger partial charge in [-0.15, -0.1) is 0 Å². The number of hydrogen-bond donors (Lipinski definition) is 1. The van der Waals surface area contributed by atoms with Crippen LogP contribution in [-0.2, 0) is 9.53 Å². The molecule has 2 unspecified atom stereocenters. The maximum absolute atomic E-state index is 12.8. The second-order valence-electron chi connectivity index (χ2n) is 8.40. The lowest BCUT2D eigenvalue weighted by atomic mass is 9.99. The van der Waals surface area contributed by atoms with Crippen LogP contribution in [0, 0.1) is 0 Å². The van der Waals surface area contributed by atoms with Crippen molar-refractivity contribution in [2.24, 2.45) is 0 Å². The van der Waals surface area contributed by atoms with Crippen LogP contribution in [-0.4, -0.2) is 96.8 Å². The topological polar surface area (TPSA) is 48.1 Å². The molecule has 138 valence electrons. The van der Waals surface area contributed by atoms with Crippen LogP contribution < -0.4 is 5.32 Å². The highest BCUT2D eigenvalue weighted by Crippen LogP contribution is 2.21. The number of piperazine rings is 1. The van der Waals surface area contributed by atoms with E-state index in [4.69, 9.17) is 4.74 Å². The van der Waals surface area contributed by atoms with Crippen LogP contribution in [0.25, 0.3) is 0 Å². The van der Waals surface area contributed by atoms with Crippen LogP contribution in [0.4, 0.5) is 0 Å². The number of ether oxygens (including phenoxy) is 1. The van der Waals surface area contributed by atoms with E-state index in [0.29, 0.717) is 6.54 Å². The van der Waals surface area contributed by atoms with Crippen molar-refractivity contribution < 1.29 is 9.53 Å². The molecule has 4 aliphatic heterocycles. The predicted molar refractivity (Wildman–Crippen MR) is 95.1 cm³/mol. The van der Waals surface area contributed by atoms with E-state index in [9.17, 15) is 4.79 Å². The summed E-state index contributed by atoms with van der Waals surface area (Å²) in [4.78, 5) is 20.0. The number of carbonyl (C=O) groups excluding carboxylic acids is 1. The SMILES string of the molecule is C[C@@H]1CN(C(C)(C)CNC(=O)[C@H]2CN3CCCN2CC3)C[C@H](C)O1. The second kappa shape index (κ2) is 7.28. The maximum atomic E-state index is 12.8. The van der Waals surface area contributed by atoms with Gasteiger partial charge >= 0.3 is 0 Å². The van der Waals surface area contributed by atoms with Crippen molar-refractivity contribution in [2.75, 3.05) is 52.4 Å². The van der Waals surface area contributed by atoms with Gasteiger partial charge in [-0.2, -0.15) is 0 Å². The summed E-state index contributed by atoms with van der Waals surface area (Å²) in [5.74, 6) is 0.198. The third kappa shape index (κ3) is 4.10. The molecule has 24 heavy (non-hydrogen) atoms. The average molecular weight is 338 g/mol. The molecular formula is C18H34N4O2. The summed E-state index contributed by atoms with van der Waals surface area (Å²) in [6, 6.07) is 0.0274. The Morgan fingerprint density at radius 2 is 1.79 bits per heavy atom. The molecule has 4 saturated heterocycles. The van der Waals surface area contributed by atoms with E-state index in [-0.39, 0.29) is 29.7 Å². The second-order valence-corrected chi connectivity index (χ2v) is 8.40. The number of fused-ring (bicyclic) bond motifs is 4. The zero-order valence-electron chi connectivity index (χ0n) is 15.8. The van der Waals surface area contributed by atoms with Gasteiger partial charge in [-0.05, 0) is 40.7 Å². The number of nitrogens with one attached hydrogen (secondary N) is 1.